The molecule has 20 heavy (non-hydrogen) atoms. The molecule has 0 radical (unpaired) electrons. The summed E-state index contributed by atoms with van der Waals surface area (Å²) in [7, 11) is -2.44. The number of benzene rings is 2. The van der Waals surface area contributed by atoms with E-state index in [2.05, 4.69) is 31.0 Å². The number of anilines is 1. The van der Waals surface area contributed by atoms with Crippen molar-refractivity contribution in [2.45, 2.75) is 24.7 Å². The maximum Gasteiger partial charge on any atom is 0.0763 e. The maximum atomic E-state index is 13.1. The monoisotopic (exact) mass is 285 g/mol. The van der Waals surface area contributed by atoms with E-state index in [4.69, 9.17) is 0 Å². The Balaban J connectivity index is 2.03. The molecule has 0 bridgehead atoms. The van der Waals surface area contributed by atoms with Crippen molar-refractivity contribution in [1.29, 1.82) is 0 Å². The van der Waals surface area contributed by atoms with Crippen LogP contribution in [-0.4, -0.2) is 16.6 Å². The molecular weight excluding hydrogens is 266 g/mol. The van der Waals surface area contributed by atoms with Gasteiger partial charge in [0, 0.05) is 11.4 Å². The molecule has 2 aromatic rings. The van der Waals surface area contributed by atoms with Gasteiger partial charge in [0.2, 0.25) is 0 Å². The smallest absolute Gasteiger partial charge is 0.0763 e. The largest absolute Gasteiger partial charge is 0.295 e. The lowest BCUT2D eigenvalue weighted by atomic mass is 10.1. The first-order valence-electron chi connectivity index (χ1n) is 6.94. The van der Waals surface area contributed by atoms with Gasteiger partial charge in [-0.3, -0.25) is 4.31 Å². The van der Waals surface area contributed by atoms with Gasteiger partial charge < -0.3 is 0 Å². The summed E-state index contributed by atoms with van der Waals surface area (Å²) in [5.41, 5.74) is 3.70. The van der Waals surface area contributed by atoms with Gasteiger partial charge in [-0.25, -0.2) is 4.21 Å². The molecule has 1 heterocycles. The Bertz CT molecular complexity index is 720. The number of fused-ring (bicyclic) bond motifs is 1. The molecule has 0 spiro atoms. The zero-order chi connectivity index (χ0) is 14.2. The molecule has 1 unspecified atom stereocenters. The summed E-state index contributed by atoms with van der Waals surface area (Å²) in [4.78, 5) is 0.799. The number of hydrogen-bond donors (Lipinski definition) is 0. The molecular formula is C17H19NOS. The van der Waals surface area contributed by atoms with Crippen LogP contribution in [0.15, 0.2) is 53.4 Å². The van der Waals surface area contributed by atoms with Gasteiger partial charge in [0.15, 0.2) is 0 Å². The molecule has 0 saturated carbocycles. The summed E-state index contributed by atoms with van der Waals surface area (Å²) < 4.78 is 15.1. The molecule has 104 valence electrons. The Morgan fingerprint density at radius 2 is 1.95 bits per heavy atom. The highest BCUT2D eigenvalue weighted by atomic mass is 32.2. The molecule has 2 aromatic carbocycles. The van der Waals surface area contributed by atoms with Gasteiger partial charge in [0.05, 0.1) is 15.4 Å². The van der Waals surface area contributed by atoms with Crippen LogP contribution in [-0.2, 0) is 22.5 Å². The van der Waals surface area contributed by atoms with Crippen LogP contribution in [0.2, 0.25) is 0 Å². The normalized spacial score (nSPS) is 16.8. The quantitative estimate of drug-likeness (QED) is 0.792. The van der Waals surface area contributed by atoms with Crippen LogP contribution in [0.25, 0.3) is 0 Å². The third kappa shape index (κ3) is 2.12. The predicted octanol–water partition coefficient (Wildman–Crippen LogP) is 3.30. The average Bonchev–Trinajstić information content (AvgIpc) is 2.91. The molecule has 1 atom stereocenters. The second kappa shape index (κ2) is 4.98. The highest BCUT2D eigenvalue weighted by molar-refractivity contribution is 8.01. The molecule has 1 aliphatic heterocycles. The van der Waals surface area contributed by atoms with Gasteiger partial charge in [-0.1, -0.05) is 37.3 Å². The Kier molecular flexibility index (Phi) is 3.30. The van der Waals surface area contributed by atoms with E-state index in [1.807, 2.05) is 34.6 Å². The second-order valence-corrected chi connectivity index (χ2v) is 7.32. The summed E-state index contributed by atoms with van der Waals surface area (Å²) in [5.74, 6) is 4.02. The minimum absolute atomic E-state index is 0.778. The van der Waals surface area contributed by atoms with Gasteiger partial charge in [-0.2, -0.15) is 0 Å². The van der Waals surface area contributed by atoms with Crippen molar-refractivity contribution in [3.63, 3.8) is 0 Å². The fraction of sp³-hybridized carbons (Fsp3) is 0.235. The summed E-state index contributed by atoms with van der Waals surface area (Å²) in [6, 6.07) is 16.0. The molecule has 0 fully saturated rings. The van der Waals surface area contributed by atoms with Crippen LogP contribution in [0.4, 0.5) is 5.69 Å². The van der Waals surface area contributed by atoms with Crippen molar-refractivity contribution in [2.75, 3.05) is 10.8 Å². The summed E-state index contributed by atoms with van der Waals surface area (Å²) in [6.07, 6.45) is 1.98. The van der Waals surface area contributed by atoms with E-state index < -0.39 is 9.71 Å². The standard InChI is InChI=1S/C17H19NOS/c1-3-14-9-10-17-15(13-14)11-12-18(17)20(2,19)16-7-5-4-6-8-16/h4-10,13H,2-3,11-12H2,1H3. The molecule has 3 rings (SSSR count). The van der Waals surface area contributed by atoms with E-state index in [9.17, 15) is 4.21 Å². The highest BCUT2D eigenvalue weighted by Crippen LogP contribution is 2.33. The van der Waals surface area contributed by atoms with Crippen LogP contribution >= 0.6 is 0 Å². The number of hydrogen-bond acceptors (Lipinski definition) is 1. The molecule has 2 nitrogen and oxygen atoms in total. The van der Waals surface area contributed by atoms with Crippen molar-refractivity contribution in [2.24, 2.45) is 0 Å². The minimum Gasteiger partial charge on any atom is -0.295 e. The SMILES string of the molecule is C=S(=O)(c1ccccc1)N1CCc2cc(CC)ccc21. The van der Waals surface area contributed by atoms with Crippen LogP contribution in [0.1, 0.15) is 18.1 Å². The lowest BCUT2D eigenvalue weighted by molar-refractivity contribution is 0.678. The van der Waals surface area contributed by atoms with Crippen molar-refractivity contribution in [1.82, 2.24) is 0 Å². The summed E-state index contributed by atoms with van der Waals surface area (Å²) in [6.45, 7) is 2.93. The molecule has 0 aliphatic carbocycles. The lowest BCUT2D eigenvalue weighted by Crippen LogP contribution is -2.28. The molecule has 0 amide bonds. The van der Waals surface area contributed by atoms with Gasteiger partial charge in [-0.15, -0.1) is 0 Å². The predicted molar refractivity (Wildman–Crippen MR) is 86.8 cm³/mol. The van der Waals surface area contributed by atoms with Crippen LogP contribution in [0, 0.1) is 0 Å². The van der Waals surface area contributed by atoms with E-state index in [0.717, 1.165) is 30.0 Å². The first-order chi connectivity index (χ1) is 9.63. The third-order valence-electron chi connectivity index (χ3n) is 3.87. The van der Waals surface area contributed by atoms with Crippen molar-refractivity contribution in [3.05, 3.63) is 59.7 Å². The second-order valence-electron chi connectivity index (χ2n) is 5.12. The Labute approximate surface area is 121 Å². The Morgan fingerprint density at radius 3 is 2.65 bits per heavy atom. The van der Waals surface area contributed by atoms with E-state index in [0.29, 0.717) is 0 Å². The van der Waals surface area contributed by atoms with E-state index in [1.165, 1.54) is 11.1 Å². The zero-order valence-corrected chi connectivity index (χ0v) is 12.5. The van der Waals surface area contributed by atoms with Gasteiger partial charge in [0.25, 0.3) is 0 Å². The number of aryl methyl sites for hydroxylation is 1. The van der Waals surface area contributed by atoms with Crippen molar-refractivity contribution < 1.29 is 4.21 Å². The van der Waals surface area contributed by atoms with Gasteiger partial charge in [0.1, 0.15) is 0 Å². The molecule has 1 aliphatic rings. The Morgan fingerprint density at radius 1 is 1.20 bits per heavy atom. The van der Waals surface area contributed by atoms with Crippen LogP contribution in [0.3, 0.4) is 0 Å². The van der Waals surface area contributed by atoms with E-state index >= 15 is 0 Å². The Hall–Kier alpha value is -1.74. The molecule has 0 saturated heterocycles. The fourth-order valence-electron chi connectivity index (χ4n) is 2.71. The third-order valence-corrected chi connectivity index (χ3v) is 5.97. The first-order valence-corrected chi connectivity index (χ1v) is 8.63. The van der Waals surface area contributed by atoms with Gasteiger partial charge >= 0.3 is 0 Å². The van der Waals surface area contributed by atoms with E-state index in [1.54, 1.807) is 0 Å². The number of nitrogens with zero attached hydrogens (tertiary/aromatic N) is 1. The number of rotatable bonds is 3. The maximum absolute atomic E-state index is 13.1. The van der Waals surface area contributed by atoms with Gasteiger partial charge in [-0.05, 0) is 48.0 Å². The van der Waals surface area contributed by atoms with Crippen LogP contribution in [0.5, 0.6) is 0 Å². The lowest BCUT2D eigenvalue weighted by Gasteiger charge is -2.24. The van der Waals surface area contributed by atoms with Crippen LogP contribution < -0.4 is 4.31 Å². The highest BCUT2D eigenvalue weighted by Gasteiger charge is 2.26. The van der Waals surface area contributed by atoms with Crippen molar-refractivity contribution >= 4 is 21.3 Å². The molecule has 3 heteroatoms. The zero-order valence-electron chi connectivity index (χ0n) is 11.7. The topological polar surface area (TPSA) is 20.3 Å². The fourth-order valence-corrected chi connectivity index (χ4v) is 4.43. The van der Waals surface area contributed by atoms with E-state index in [-0.39, 0.29) is 0 Å². The average molecular weight is 285 g/mol. The van der Waals surface area contributed by atoms with Crippen molar-refractivity contribution in [3.8, 4) is 0 Å². The molecule has 0 aromatic heterocycles. The first kappa shape index (κ1) is 13.3. The minimum atomic E-state index is -2.44. The summed E-state index contributed by atoms with van der Waals surface area (Å²) in [5, 5.41) is 0. The summed E-state index contributed by atoms with van der Waals surface area (Å²) >= 11 is 0. The molecule has 0 N–H and O–H groups in total.